The van der Waals surface area contributed by atoms with Gasteiger partial charge in [0.25, 0.3) is 0 Å². The molecular formula is C14H19ClN2O3. The molecule has 0 saturated carbocycles. The van der Waals surface area contributed by atoms with E-state index in [0.717, 1.165) is 0 Å². The number of carboxylic acids is 1. The highest BCUT2D eigenvalue weighted by Crippen LogP contribution is 2.23. The van der Waals surface area contributed by atoms with E-state index in [0.29, 0.717) is 18.2 Å². The second-order valence-corrected chi connectivity index (χ2v) is 5.43. The molecule has 0 spiro atoms. The number of nitrogens with zero attached hydrogens (tertiary/aromatic N) is 1. The quantitative estimate of drug-likeness (QED) is 0.845. The number of hydrogen-bond donors (Lipinski definition) is 2. The number of amides is 1. The van der Waals surface area contributed by atoms with E-state index in [1.807, 2.05) is 13.8 Å². The van der Waals surface area contributed by atoms with E-state index in [9.17, 15) is 9.59 Å². The number of halogens is 1. The molecular weight excluding hydrogens is 280 g/mol. The number of likely N-dealkylation sites (N-methyl/N-ethyl adjacent to an activating group) is 1. The van der Waals surface area contributed by atoms with Crippen molar-refractivity contribution in [1.82, 2.24) is 5.32 Å². The Balaban J connectivity index is 2.68. The van der Waals surface area contributed by atoms with Gasteiger partial charge in [-0.25, -0.2) is 4.79 Å². The van der Waals surface area contributed by atoms with Crippen LogP contribution in [0.5, 0.6) is 0 Å². The summed E-state index contributed by atoms with van der Waals surface area (Å²) >= 11 is 5.90. The number of benzene rings is 1. The molecule has 0 unspecified atom stereocenters. The van der Waals surface area contributed by atoms with E-state index in [1.165, 1.54) is 6.07 Å². The fraction of sp³-hybridized carbons (Fsp3) is 0.429. The summed E-state index contributed by atoms with van der Waals surface area (Å²) in [6.45, 7) is 4.86. The molecule has 1 aromatic carbocycles. The van der Waals surface area contributed by atoms with Crippen LogP contribution in [0, 0.1) is 5.92 Å². The smallest absolute Gasteiger partial charge is 0.337 e. The van der Waals surface area contributed by atoms with Crippen molar-refractivity contribution < 1.29 is 14.7 Å². The van der Waals surface area contributed by atoms with Gasteiger partial charge in [-0.15, -0.1) is 0 Å². The van der Waals surface area contributed by atoms with E-state index in [1.54, 1.807) is 24.1 Å². The van der Waals surface area contributed by atoms with Crippen LogP contribution in [0.1, 0.15) is 24.2 Å². The van der Waals surface area contributed by atoms with Crippen molar-refractivity contribution in [3.05, 3.63) is 28.8 Å². The molecule has 1 amide bonds. The molecule has 0 aliphatic heterocycles. The molecule has 2 N–H and O–H groups in total. The van der Waals surface area contributed by atoms with Gasteiger partial charge in [-0.2, -0.15) is 0 Å². The van der Waals surface area contributed by atoms with Crippen LogP contribution in [0.4, 0.5) is 5.69 Å². The second-order valence-electron chi connectivity index (χ2n) is 5.02. The normalized spacial score (nSPS) is 10.4. The number of hydrogen-bond acceptors (Lipinski definition) is 3. The van der Waals surface area contributed by atoms with Gasteiger partial charge >= 0.3 is 5.97 Å². The highest BCUT2D eigenvalue weighted by atomic mass is 35.5. The Morgan fingerprint density at radius 3 is 2.55 bits per heavy atom. The predicted molar refractivity (Wildman–Crippen MR) is 79.5 cm³/mol. The SMILES string of the molecule is CC(C)CNC(=O)CN(C)c1ccc(C(=O)O)c(Cl)c1. The average molecular weight is 299 g/mol. The van der Waals surface area contributed by atoms with Gasteiger partial charge in [-0.05, 0) is 24.1 Å². The molecule has 110 valence electrons. The molecule has 0 saturated heterocycles. The number of carbonyl (C=O) groups excluding carboxylic acids is 1. The Hall–Kier alpha value is -1.75. The number of aromatic carboxylic acids is 1. The standard InChI is InChI=1S/C14H19ClN2O3/c1-9(2)7-16-13(18)8-17(3)10-4-5-11(14(19)20)12(15)6-10/h4-6,9H,7-8H2,1-3H3,(H,16,18)(H,19,20). The van der Waals surface area contributed by atoms with Crippen LogP contribution in [-0.2, 0) is 4.79 Å². The number of carboxylic acid groups (broad SMARTS) is 1. The summed E-state index contributed by atoms with van der Waals surface area (Å²) < 4.78 is 0. The maximum atomic E-state index is 11.7. The Morgan fingerprint density at radius 2 is 2.05 bits per heavy atom. The molecule has 0 bridgehead atoms. The molecule has 0 aromatic heterocycles. The fourth-order valence-corrected chi connectivity index (χ4v) is 1.85. The first-order valence-corrected chi connectivity index (χ1v) is 6.69. The van der Waals surface area contributed by atoms with E-state index >= 15 is 0 Å². The minimum Gasteiger partial charge on any atom is -0.478 e. The Labute approximate surface area is 123 Å². The van der Waals surface area contributed by atoms with Gasteiger partial charge < -0.3 is 15.3 Å². The maximum Gasteiger partial charge on any atom is 0.337 e. The van der Waals surface area contributed by atoms with Gasteiger partial charge in [0.15, 0.2) is 0 Å². The Bertz CT molecular complexity index is 503. The van der Waals surface area contributed by atoms with Crippen LogP contribution < -0.4 is 10.2 Å². The summed E-state index contributed by atoms with van der Waals surface area (Å²) in [5, 5.41) is 11.9. The van der Waals surface area contributed by atoms with Crippen LogP contribution in [0.25, 0.3) is 0 Å². The number of nitrogens with one attached hydrogen (secondary N) is 1. The Kier molecular flexibility index (Phi) is 5.82. The van der Waals surface area contributed by atoms with Crippen molar-refractivity contribution in [2.24, 2.45) is 5.92 Å². The summed E-state index contributed by atoms with van der Waals surface area (Å²) in [6, 6.07) is 4.61. The molecule has 0 aliphatic carbocycles. The molecule has 0 heterocycles. The van der Waals surface area contributed by atoms with E-state index in [2.05, 4.69) is 5.32 Å². The van der Waals surface area contributed by atoms with Crippen LogP contribution in [0.3, 0.4) is 0 Å². The highest BCUT2D eigenvalue weighted by molar-refractivity contribution is 6.33. The third-order valence-electron chi connectivity index (χ3n) is 2.71. The van der Waals surface area contributed by atoms with Gasteiger partial charge in [0.2, 0.25) is 5.91 Å². The predicted octanol–water partition coefficient (Wildman–Crippen LogP) is 2.25. The molecule has 20 heavy (non-hydrogen) atoms. The monoisotopic (exact) mass is 298 g/mol. The van der Waals surface area contributed by atoms with Crippen LogP contribution >= 0.6 is 11.6 Å². The van der Waals surface area contributed by atoms with Crippen LogP contribution in [-0.4, -0.2) is 37.1 Å². The minimum atomic E-state index is -1.07. The van der Waals surface area contributed by atoms with Gasteiger partial charge in [0.1, 0.15) is 0 Å². The summed E-state index contributed by atoms with van der Waals surface area (Å²) in [7, 11) is 1.75. The largest absolute Gasteiger partial charge is 0.478 e. The van der Waals surface area contributed by atoms with Crippen molar-refractivity contribution in [3.63, 3.8) is 0 Å². The number of rotatable bonds is 6. The first-order valence-electron chi connectivity index (χ1n) is 6.32. The van der Waals surface area contributed by atoms with Crippen molar-refractivity contribution >= 4 is 29.2 Å². The average Bonchev–Trinajstić information content (AvgIpc) is 2.35. The molecule has 0 radical (unpaired) electrons. The zero-order valence-corrected chi connectivity index (χ0v) is 12.6. The maximum absolute atomic E-state index is 11.7. The topological polar surface area (TPSA) is 69.6 Å². The van der Waals surface area contributed by atoms with Gasteiger partial charge in [0, 0.05) is 19.3 Å². The summed E-state index contributed by atoms with van der Waals surface area (Å²) in [4.78, 5) is 24.3. The first-order chi connectivity index (χ1) is 9.31. The van der Waals surface area contributed by atoms with Gasteiger partial charge in [-0.3, -0.25) is 4.79 Å². The number of carbonyl (C=O) groups is 2. The molecule has 0 fully saturated rings. The molecule has 5 nitrogen and oxygen atoms in total. The molecule has 0 aliphatic rings. The number of anilines is 1. The van der Waals surface area contributed by atoms with Crippen molar-refractivity contribution in [2.45, 2.75) is 13.8 Å². The van der Waals surface area contributed by atoms with Crippen LogP contribution in [0.2, 0.25) is 5.02 Å². The zero-order chi connectivity index (χ0) is 15.3. The third-order valence-corrected chi connectivity index (χ3v) is 3.02. The lowest BCUT2D eigenvalue weighted by Gasteiger charge is -2.19. The second kappa shape index (κ2) is 7.14. The summed E-state index contributed by atoms with van der Waals surface area (Å²) in [5.74, 6) is -0.757. The van der Waals surface area contributed by atoms with Crippen molar-refractivity contribution in [1.29, 1.82) is 0 Å². The van der Waals surface area contributed by atoms with Crippen molar-refractivity contribution in [3.8, 4) is 0 Å². The summed E-state index contributed by atoms with van der Waals surface area (Å²) in [6.07, 6.45) is 0. The van der Waals surface area contributed by atoms with Gasteiger partial charge in [0.05, 0.1) is 17.1 Å². The minimum absolute atomic E-state index is 0.0491. The zero-order valence-electron chi connectivity index (χ0n) is 11.8. The van der Waals surface area contributed by atoms with Crippen molar-refractivity contribution in [2.75, 3.05) is 25.0 Å². The van der Waals surface area contributed by atoms with E-state index in [-0.39, 0.29) is 23.0 Å². The molecule has 1 aromatic rings. The van der Waals surface area contributed by atoms with Crippen LogP contribution in [0.15, 0.2) is 18.2 Å². The third kappa shape index (κ3) is 4.74. The highest BCUT2D eigenvalue weighted by Gasteiger charge is 2.12. The molecule has 1 rings (SSSR count). The van der Waals surface area contributed by atoms with E-state index < -0.39 is 5.97 Å². The Morgan fingerprint density at radius 1 is 1.40 bits per heavy atom. The lowest BCUT2D eigenvalue weighted by Crippen LogP contribution is -2.36. The lowest BCUT2D eigenvalue weighted by atomic mass is 10.2. The molecule has 0 atom stereocenters. The summed E-state index contributed by atoms with van der Waals surface area (Å²) in [5.41, 5.74) is 0.743. The fourth-order valence-electron chi connectivity index (χ4n) is 1.60. The van der Waals surface area contributed by atoms with E-state index in [4.69, 9.17) is 16.7 Å². The molecule has 6 heteroatoms. The first kappa shape index (κ1) is 16.3. The van der Waals surface area contributed by atoms with Gasteiger partial charge in [-0.1, -0.05) is 25.4 Å². The lowest BCUT2D eigenvalue weighted by molar-refractivity contribution is -0.119.